The summed E-state index contributed by atoms with van der Waals surface area (Å²) in [7, 11) is 0. The molecule has 5 nitrogen and oxygen atoms in total. The number of rotatable bonds is 5. The van der Waals surface area contributed by atoms with Gasteiger partial charge in [-0.3, -0.25) is 0 Å². The number of thiophene rings is 2. The zero-order valence-corrected chi connectivity index (χ0v) is 36.3. The zero-order valence-electron chi connectivity index (χ0n) is 34.7. The fourth-order valence-electron chi connectivity index (χ4n) is 10.1. The highest BCUT2D eigenvalue weighted by Gasteiger charge is 2.29. The Morgan fingerprint density at radius 1 is 0.333 bits per heavy atom. The van der Waals surface area contributed by atoms with Crippen LogP contribution in [0.4, 0.5) is 8.78 Å². The summed E-state index contributed by atoms with van der Waals surface area (Å²) in [5, 5.41) is 7.64. The first-order valence-corrected chi connectivity index (χ1v) is 23.3. The molecule has 0 aliphatic heterocycles. The zero-order chi connectivity index (χ0) is 43.6. The highest BCUT2D eigenvalue weighted by atomic mass is 32.1. The van der Waals surface area contributed by atoms with Gasteiger partial charge < -0.3 is 9.13 Å². The number of halogens is 2. The molecule has 9 aromatic carbocycles. The molecule has 0 fully saturated rings. The fraction of sp³-hybridized carbons (Fsp3) is 0. The monoisotopic (exact) mass is 887 g/mol. The van der Waals surface area contributed by atoms with E-state index in [9.17, 15) is 0 Å². The Balaban J connectivity index is 1.15. The fourth-order valence-corrected chi connectivity index (χ4v) is 12.3. The maximum absolute atomic E-state index is 18.4. The number of hydrogen-bond acceptors (Lipinski definition) is 5. The molecule has 0 bridgehead atoms. The van der Waals surface area contributed by atoms with Crippen LogP contribution in [0.25, 0.3) is 129 Å². The molecule has 0 radical (unpaired) electrons. The Morgan fingerprint density at radius 3 is 1.08 bits per heavy atom. The molecule has 0 aliphatic carbocycles. The van der Waals surface area contributed by atoms with E-state index in [0.717, 1.165) is 74.6 Å². The summed E-state index contributed by atoms with van der Waals surface area (Å²) in [6, 6.07) is 62.6. The number of aromatic nitrogens is 5. The molecule has 0 unspecified atom stereocenters. The van der Waals surface area contributed by atoms with Crippen LogP contribution in [0.5, 0.6) is 0 Å². The van der Waals surface area contributed by atoms with E-state index in [1.54, 1.807) is 0 Å². The van der Waals surface area contributed by atoms with Crippen LogP contribution >= 0.6 is 22.7 Å². The predicted molar refractivity (Wildman–Crippen MR) is 271 cm³/mol. The van der Waals surface area contributed by atoms with Crippen molar-refractivity contribution in [2.24, 2.45) is 0 Å². The third-order valence-electron chi connectivity index (χ3n) is 12.9. The average molecular weight is 888 g/mol. The Labute approximate surface area is 382 Å². The molecule has 5 aromatic heterocycles. The summed E-state index contributed by atoms with van der Waals surface area (Å²) in [4.78, 5) is 15.6. The molecule has 9 heteroatoms. The van der Waals surface area contributed by atoms with Crippen LogP contribution in [0.2, 0.25) is 0 Å². The van der Waals surface area contributed by atoms with Gasteiger partial charge in [-0.15, -0.1) is 22.7 Å². The minimum absolute atomic E-state index is 0.0941. The molecular weight excluding hydrogens is 857 g/mol. The average Bonchev–Trinajstić information content (AvgIpc) is 4.12. The van der Waals surface area contributed by atoms with Crippen LogP contribution < -0.4 is 0 Å². The molecule has 5 heterocycles. The van der Waals surface area contributed by atoms with Gasteiger partial charge in [-0.2, -0.15) is 0 Å². The topological polar surface area (TPSA) is 48.5 Å². The normalized spacial score (nSPS) is 12.1. The summed E-state index contributed by atoms with van der Waals surface area (Å²) in [5.74, 6) is -0.425. The van der Waals surface area contributed by atoms with Gasteiger partial charge >= 0.3 is 0 Å². The molecule has 0 saturated heterocycles. The van der Waals surface area contributed by atoms with Crippen molar-refractivity contribution >= 4 is 107 Å². The first kappa shape index (κ1) is 37.3. The number of benzene rings is 9. The van der Waals surface area contributed by atoms with Crippen molar-refractivity contribution in [3.8, 4) is 45.5 Å². The molecule has 0 spiro atoms. The third kappa shape index (κ3) is 5.32. The highest BCUT2D eigenvalue weighted by Crippen LogP contribution is 2.47. The van der Waals surface area contributed by atoms with E-state index in [0.29, 0.717) is 32.2 Å². The number of fused-ring (bicyclic) bond motifs is 12. The molecule has 0 amide bonds. The van der Waals surface area contributed by atoms with Crippen molar-refractivity contribution in [2.75, 3.05) is 0 Å². The van der Waals surface area contributed by atoms with E-state index in [-0.39, 0.29) is 22.8 Å². The van der Waals surface area contributed by atoms with Gasteiger partial charge in [-0.05, 0) is 48.5 Å². The summed E-state index contributed by atoms with van der Waals surface area (Å²) < 4.78 is 43.9. The molecular formula is C57H31F2N5S2. The second-order valence-corrected chi connectivity index (χ2v) is 18.6. The van der Waals surface area contributed by atoms with Gasteiger partial charge in [0.1, 0.15) is 0 Å². The molecule has 14 aromatic rings. The quantitative estimate of drug-likeness (QED) is 0.173. The third-order valence-corrected chi connectivity index (χ3v) is 15.3. The van der Waals surface area contributed by atoms with E-state index in [1.165, 1.54) is 22.7 Å². The molecule has 66 heavy (non-hydrogen) atoms. The predicted octanol–water partition coefficient (Wildman–Crippen LogP) is 16.1. The lowest BCUT2D eigenvalue weighted by molar-refractivity contribution is 0.641. The first-order valence-electron chi connectivity index (χ1n) is 21.7. The molecule has 0 saturated carbocycles. The van der Waals surface area contributed by atoms with Gasteiger partial charge in [-0.1, -0.05) is 140 Å². The largest absolute Gasteiger partial charge is 0.308 e. The van der Waals surface area contributed by atoms with Crippen LogP contribution in [0.15, 0.2) is 188 Å². The van der Waals surface area contributed by atoms with Gasteiger partial charge in [0.25, 0.3) is 0 Å². The van der Waals surface area contributed by atoms with E-state index in [2.05, 4.69) is 69.8 Å². The number of hydrogen-bond donors (Lipinski definition) is 0. The summed E-state index contributed by atoms with van der Waals surface area (Å²) >= 11 is 2.81. The van der Waals surface area contributed by atoms with Crippen molar-refractivity contribution in [3.05, 3.63) is 200 Å². The van der Waals surface area contributed by atoms with Crippen LogP contribution in [0, 0.1) is 11.6 Å². The Hall–Kier alpha value is -8.11. The van der Waals surface area contributed by atoms with Crippen molar-refractivity contribution in [3.63, 3.8) is 0 Å². The lowest BCUT2D eigenvalue weighted by Crippen LogP contribution is -2.08. The molecule has 0 aliphatic rings. The van der Waals surface area contributed by atoms with Crippen LogP contribution in [0.3, 0.4) is 0 Å². The van der Waals surface area contributed by atoms with E-state index in [1.807, 2.05) is 127 Å². The second kappa shape index (κ2) is 14.2. The first-order chi connectivity index (χ1) is 32.6. The van der Waals surface area contributed by atoms with E-state index < -0.39 is 11.6 Å². The molecule has 310 valence electrons. The lowest BCUT2D eigenvalue weighted by atomic mass is 10.0. The number of para-hydroxylation sites is 4. The Kier molecular flexibility index (Phi) is 8.02. The Morgan fingerprint density at radius 2 is 0.667 bits per heavy atom. The summed E-state index contributed by atoms with van der Waals surface area (Å²) in [5.41, 5.74) is 5.85. The minimum Gasteiger partial charge on any atom is -0.308 e. The van der Waals surface area contributed by atoms with Crippen molar-refractivity contribution in [2.45, 2.75) is 0 Å². The molecule has 0 atom stereocenters. The Bertz CT molecular complexity index is 3970. The highest BCUT2D eigenvalue weighted by molar-refractivity contribution is 7.26. The van der Waals surface area contributed by atoms with Gasteiger partial charge in [0.15, 0.2) is 29.1 Å². The summed E-state index contributed by atoms with van der Waals surface area (Å²) in [6.45, 7) is 0. The number of nitrogens with zero attached hydrogens (tertiary/aromatic N) is 5. The second-order valence-electron chi connectivity index (χ2n) is 16.5. The molecule has 14 rings (SSSR count). The maximum Gasteiger partial charge on any atom is 0.169 e. The lowest BCUT2D eigenvalue weighted by Gasteiger charge is -2.18. The standard InChI is InChI=1S/C57H31F2N5S2/c58-51-49(45(30-39-37-22-8-14-28-47(37)65-53(39)51)63-41-24-10-4-18-33(41)34-19-5-11-25-42(34)63)56-60-55(32-16-2-1-3-17-32)61-57(62-56)50-46(31-40-38-23-9-15-29-48(38)66-54(40)52(50)59)64-43-26-12-6-20-35(43)36-21-7-13-27-44(36)64/h1-31H. The van der Waals surface area contributed by atoms with Crippen molar-refractivity contribution < 1.29 is 8.78 Å². The summed E-state index contributed by atoms with van der Waals surface area (Å²) in [6.07, 6.45) is 0. The van der Waals surface area contributed by atoms with Crippen molar-refractivity contribution in [1.82, 2.24) is 24.1 Å². The van der Waals surface area contributed by atoms with Crippen LogP contribution in [-0.2, 0) is 0 Å². The maximum atomic E-state index is 18.4. The van der Waals surface area contributed by atoms with Gasteiger partial charge in [0.2, 0.25) is 0 Å². The van der Waals surface area contributed by atoms with E-state index in [4.69, 9.17) is 15.0 Å². The van der Waals surface area contributed by atoms with Crippen LogP contribution in [-0.4, -0.2) is 24.1 Å². The van der Waals surface area contributed by atoms with Gasteiger partial charge in [-0.25, -0.2) is 23.7 Å². The van der Waals surface area contributed by atoms with Crippen LogP contribution in [0.1, 0.15) is 0 Å². The van der Waals surface area contributed by atoms with Crippen molar-refractivity contribution in [1.29, 1.82) is 0 Å². The SMILES string of the molecule is Fc1c(-c2nc(-c3ccccc3)nc(-c3c(-n4c5ccccc5c5ccccc54)cc4c(sc5ccccc54)c3F)n2)c(-n2c3ccccc3c3ccccc32)cc2c1sc1ccccc12. The van der Waals surface area contributed by atoms with Gasteiger partial charge in [0, 0.05) is 58.1 Å². The van der Waals surface area contributed by atoms with Gasteiger partial charge in [0.05, 0.1) is 54.0 Å². The minimum atomic E-state index is -0.454. The molecule has 0 N–H and O–H groups in total. The van der Waals surface area contributed by atoms with E-state index >= 15 is 8.78 Å². The smallest absolute Gasteiger partial charge is 0.169 e.